The van der Waals surface area contributed by atoms with E-state index in [-0.39, 0.29) is 17.0 Å². The van der Waals surface area contributed by atoms with Crippen molar-refractivity contribution in [3.63, 3.8) is 0 Å². The molecular formula is C8H9NO3S. The topological polar surface area (TPSA) is 57.6 Å². The number of rotatable bonds is 2. The van der Waals surface area contributed by atoms with Gasteiger partial charge in [-0.15, -0.1) is 11.8 Å². The van der Waals surface area contributed by atoms with Gasteiger partial charge in [0, 0.05) is 4.91 Å². The summed E-state index contributed by atoms with van der Waals surface area (Å²) in [5.41, 5.74) is 0.203. The second-order valence-corrected chi connectivity index (χ2v) is 4.24. The molecule has 0 aliphatic carbocycles. The summed E-state index contributed by atoms with van der Waals surface area (Å²) in [7, 11) is 0. The monoisotopic (exact) mass is 199 g/mol. The van der Waals surface area contributed by atoms with Crippen molar-refractivity contribution in [1.29, 1.82) is 0 Å². The molecule has 1 atom stereocenters. The Morgan fingerprint density at radius 1 is 1.77 bits per heavy atom. The third kappa shape index (κ3) is 1.07. The molecule has 1 N–H and O–H groups in total. The molecule has 2 aliphatic heterocycles. The largest absolute Gasteiger partial charge is 0.477 e. The highest BCUT2D eigenvalue weighted by Crippen LogP contribution is 2.46. The van der Waals surface area contributed by atoms with Crippen LogP contribution in [0.15, 0.2) is 10.6 Å². The Hall–Kier alpha value is -0.970. The Labute approximate surface area is 79.6 Å². The van der Waals surface area contributed by atoms with Crippen LogP contribution in [0.4, 0.5) is 0 Å². The first-order valence-electron chi connectivity index (χ1n) is 4.10. The van der Waals surface area contributed by atoms with Gasteiger partial charge in [0.15, 0.2) is 0 Å². The standard InChI is InChI=1S/C8H9NO3S/c1-2-4-7(8(11)12)9-5(10)3-6(9)13-4/h6H,2-3H2,1H3,(H,11,12)/t6-/m1/s1. The van der Waals surface area contributed by atoms with Gasteiger partial charge in [0.05, 0.1) is 11.8 Å². The average molecular weight is 199 g/mol. The molecule has 0 unspecified atom stereocenters. The van der Waals surface area contributed by atoms with E-state index >= 15 is 0 Å². The molecule has 4 nitrogen and oxygen atoms in total. The molecule has 5 heteroatoms. The Morgan fingerprint density at radius 3 is 2.92 bits per heavy atom. The maximum Gasteiger partial charge on any atom is 0.353 e. The number of hydrogen-bond acceptors (Lipinski definition) is 3. The van der Waals surface area contributed by atoms with Crippen molar-refractivity contribution in [3.05, 3.63) is 10.6 Å². The SMILES string of the molecule is CCC1=C(C(=O)O)N2C(=O)C[C@H]2S1. The molecular weight excluding hydrogens is 190 g/mol. The van der Waals surface area contributed by atoms with Crippen LogP contribution < -0.4 is 0 Å². The summed E-state index contributed by atoms with van der Waals surface area (Å²) in [6.07, 6.45) is 1.16. The van der Waals surface area contributed by atoms with Crippen molar-refractivity contribution in [2.24, 2.45) is 0 Å². The molecule has 1 saturated heterocycles. The van der Waals surface area contributed by atoms with Gasteiger partial charge in [-0.3, -0.25) is 9.69 Å². The number of aliphatic carboxylic acids is 1. The lowest BCUT2D eigenvalue weighted by atomic mass is 10.1. The van der Waals surface area contributed by atoms with Gasteiger partial charge in [0.2, 0.25) is 5.91 Å². The molecule has 13 heavy (non-hydrogen) atoms. The first kappa shape index (κ1) is 8.62. The quantitative estimate of drug-likeness (QED) is 0.674. The number of nitrogens with zero attached hydrogens (tertiary/aromatic N) is 1. The van der Waals surface area contributed by atoms with E-state index in [1.54, 1.807) is 0 Å². The van der Waals surface area contributed by atoms with Crippen molar-refractivity contribution in [1.82, 2.24) is 4.90 Å². The number of hydrogen-bond donors (Lipinski definition) is 1. The highest BCUT2D eigenvalue weighted by molar-refractivity contribution is 8.04. The van der Waals surface area contributed by atoms with Gasteiger partial charge in [0.25, 0.3) is 0 Å². The second-order valence-electron chi connectivity index (χ2n) is 2.97. The lowest BCUT2D eigenvalue weighted by Gasteiger charge is -2.33. The van der Waals surface area contributed by atoms with E-state index in [0.29, 0.717) is 12.8 Å². The van der Waals surface area contributed by atoms with Crippen LogP contribution in [0.5, 0.6) is 0 Å². The molecule has 0 bridgehead atoms. The second kappa shape index (κ2) is 2.77. The van der Waals surface area contributed by atoms with Crippen molar-refractivity contribution < 1.29 is 14.7 Å². The summed E-state index contributed by atoms with van der Waals surface area (Å²) < 4.78 is 0. The predicted octanol–water partition coefficient (Wildman–Crippen LogP) is 0.998. The zero-order valence-corrected chi connectivity index (χ0v) is 7.93. The lowest BCUT2D eigenvalue weighted by Crippen LogP contribution is -2.48. The zero-order valence-electron chi connectivity index (χ0n) is 7.11. The number of carboxylic acids is 1. The molecule has 2 heterocycles. The maximum atomic E-state index is 11.1. The van der Waals surface area contributed by atoms with Crippen molar-refractivity contribution >= 4 is 23.6 Å². The molecule has 0 aromatic rings. The summed E-state index contributed by atoms with van der Waals surface area (Å²) in [6, 6.07) is 0. The van der Waals surface area contributed by atoms with Gasteiger partial charge >= 0.3 is 5.97 Å². The smallest absolute Gasteiger partial charge is 0.353 e. The summed E-state index contributed by atoms with van der Waals surface area (Å²) in [4.78, 5) is 24.2. The fourth-order valence-corrected chi connectivity index (χ4v) is 2.92. The van der Waals surface area contributed by atoms with Crippen LogP contribution >= 0.6 is 11.8 Å². The van der Waals surface area contributed by atoms with Gasteiger partial charge in [-0.2, -0.15) is 0 Å². The van der Waals surface area contributed by atoms with Crippen LogP contribution in [-0.4, -0.2) is 27.3 Å². The fraction of sp³-hybridized carbons (Fsp3) is 0.500. The number of carbonyl (C=O) groups is 2. The number of β-lactam (4-membered cyclic amide) rings is 1. The summed E-state index contributed by atoms with van der Waals surface area (Å²) in [6.45, 7) is 1.90. The molecule has 0 spiro atoms. The van der Waals surface area contributed by atoms with Crippen LogP contribution in [-0.2, 0) is 9.59 Å². The number of carbonyl (C=O) groups excluding carboxylic acids is 1. The summed E-state index contributed by atoms with van der Waals surface area (Å²) >= 11 is 1.50. The fourth-order valence-electron chi connectivity index (χ4n) is 1.58. The predicted molar refractivity (Wildman–Crippen MR) is 47.8 cm³/mol. The van der Waals surface area contributed by atoms with Crippen LogP contribution in [0, 0.1) is 0 Å². The Morgan fingerprint density at radius 2 is 2.46 bits per heavy atom. The third-order valence-electron chi connectivity index (χ3n) is 2.21. The first-order valence-corrected chi connectivity index (χ1v) is 4.98. The zero-order chi connectivity index (χ0) is 9.59. The Balaban J connectivity index is 2.34. The van der Waals surface area contributed by atoms with Crippen molar-refractivity contribution in [2.75, 3.05) is 0 Å². The normalized spacial score (nSPS) is 26.1. The number of carboxylic acid groups (broad SMARTS) is 1. The molecule has 70 valence electrons. The third-order valence-corrected chi connectivity index (χ3v) is 3.63. The number of amides is 1. The van der Waals surface area contributed by atoms with Crippen LogP contribution in [0.3, 0.4) is 0 Å². The molecule has 2 aliphatic rings. The van der Waals surface area contributed by atoms with Gasteiger partial charge in [-0.1, -0.05) is 6.92 Å². The van der Waals surface area contributed by atoms with E-state index in [4.69, 9.17) is 5.11 Å². The minimum absolute atomic E-state index is 0.0635. The van der Waals surface area contributed by atoms with Gasteiger partial charge < -0.3 is 5.11 Å². The highest BCUT2D eigenvalue weighted by atomic mass is 32.2. The molecule has 0 radical (unpaired) electrons. The molecule has 0 saturated carbocycles. The molecule has 0 aromatic heterocycles. The molecule has 0 aromatic carbocycles. The number of thioether (sulfide) groups is 1. The Bertz CT molecular complexity index is 323. The molecule has 2 rings (SSSR count). The number of allylic oxidation sites excluding steroid dienone is 1. The van der Waals surface area contributed by atoms with E-state index in [2.05, 4.69) is 0 Å². The first-order chi connectivity index (χ1) is 6.15. The minimum atomic E-state index is -0.986. The van der Waals surface area contributed by atoms with Crippen LogP contribution in [0.1, 0.15) is 19.8 Å². The summed E-state index contributed by atoms with van der Waals surface area (Å²) in [5.74, 6) is -1.06. The van der Waals surface area contributed by atoms with E-state index in [9.17, 15) is 9.59 Å². The Kier molecular flexibility index (Phi) is 1.83. The van der Waals surface area contributed by atoms with Gasteiger partial charge in [-0.25, -0.2) is 4.79 Å². The van der Waals surface area contributed by atoms with Crippen molar-refractivity contribution in [2.45, 2.75) is 25.1 Å². The highest BCUT2D eigenvalue weighted by Gasteiger charge is 2.47. The van der Waals surface area contributed by atoms with E-state index in [1.807, 2.05) is 6.92 Å². The average Bonchev–Trinajstić information content (AvgIpc) is 2.37. The van der Waals surface area contributed by atoms with Crippen LogP contribution in [0.2, 0.25) is 0 Å². The van der Waals surface area contributed by atoms with Gasteiger partial charge in [0.1, 0.15) is 5.70 Å². The van der Waals surface area contributed by atoms with Crippen LogP contribution in [0.25, 0.3) is 0 Å². The lowest BCUT2D eigenvalue weighted by molar-refractivity contribution is -0.145. The van der Waals surface area contributed by atoms with Crippen molar-refractivity contribution in [3.8, 4) is 0 Å². The molecule has 1 fully saturated rings. The maximum absolute atomic E-state index is 11.1. The van der Waals surface area contributed by atoms with E-state index in [0.717, 1.165) is 4.91 Å². The number of fused-ring (bicyclic) bond motifs is 1. The summed E-state index contributed by atoms with van der Waals surface area (Å²) in [5, 5.41) is 8.95. The van der Waals surface area contributed by atoms with E-state index in [1.165, 1.54) is 16.7 Å². The molecule has 1 amide bonds. The van der Waals surface area contributed by atoms with Gasteiger partial charge in [-0.05, 0) is 6.42 Å². The van der Waals surface area contributed by atoms with E-state index < -0.39 is 5.97 Å². The minimum Gasteiger partial charge on any atom is -0.477 e.